The first-order valence-electron chi connectivity index (χ1n) is 19.3. The largest absolute Gasteiger partial charge is 0.507 e. The van der Waals surface area contributed by atoms with Crippen LogP contribution in [0.5, 0.6) is 11.5 Å². The number of hydrogen-bond acceptors (Lipinski definition) is 4. The van der Waals surface area contributed by atoms with E-state index in [1.54, 1.807) is 0 Å². The zero-order chi connectivity index (χ0) is 35.7. The summed E-state index contributed by atoms with van der Waals surface area (Å²) < 4.78 is 12.6. The third-order valence-electron chi connectivity index (χ3n) is 11.7. The summed E-state index contributed by atoms with van der Waals surface area (Å²) in [6.45, 7) is 28.1. The molecule has 4 rings (SSSR count). The first-order valence-corrected chi connectivity index (χ1v) is 19.3. The monoisotopic (exact) mass is 663 g/mol. The molecule has 0 atom stereocenters. The normalized spacial score (nSPS) is 23.0. The topological polar surface area (TPSA) is 58.9 Å². The minimum atomic E-state index is -0.418. The minimum Gasteiger partial charge on any atom is -0.507 e. The van der Waals surface area contributed by atoms with E-state index in [4.69, 9.17) is 9.47 Å². The number of aromatic hydroxyl groups is 2. The van der Waals surface area contributed by atoms with E-state index < -0.39 is 6.29 Å². The van der Waals surface area contributed by atoms with Crippen LogP contribution in [-0.4, -0.2) is 23.4 Å². The Hall–Kier alpha value is -2.04. The van der Waals surface area contributed by atoms with Crippen LogP contribution < -0.4 is 0 Å². The van der Waals surface area contributed by atoms with Crippen LogP contribution in [0.3, 0.4) is 0 Å². The minimum absolute atomic E-state index is 0.154. The van der Waals surface area contributed by atoms with Crippen LogP contribution in [0.4, 0.5) is 0 Å². The van der Waals surface area contributed by atoms with Gasteiger partial charge in [-0.1, -0.05) is 114 Å². The van der Waals surface area contributed by atoms with Crippen LogP contribution in [0.15, 0.2) is 24.3 Å². The molecule has 2 aliphatic rings. The number of benzene rings is 2. The Balaban J connectivity index is 1.65. The van der Waals surface area contributed by atoms with Gasteiger partial charge in [-0.3, -0.25) is 0 Å². The number of hydrogen-bond donors (Lipinski definition) is 2. The maximum Gasteiger partial charge on any atom is 0.183 e. The SMILES string of the molecule is CCCC1CCC(c2cc(C(C)(C)C)c(O)c(C(C)(C)CCC(C)(C)c3cc(C4OCC(CCC)CO4)cc(C(C)(C)C)c3O)c2)CC1. The van der Waals surface area contributed by atoms with Gasteiger partial charge in [-0.25, -0.2) is 0 Å². The third-order valence-corrected chi connectivity index (χ3v) is 11.7. The molecule has 48 heavy (non-hydrogen) atoms. The van der Waals surface area contributed by atoms with E-state index in [1.165, 1.54) is 44.1 Å². The Morgan fingerprint density at radius 2 is 0.958 bits per heavy atom. The molecule has 1 saturated heterocycles. The fourth-order valence-electron chi connectivity index (χ4n) is 8.26. The molecule has 1 heterocycles. The molecule has 2 aromatic carbocycles. The molecule has 2 fully saturated rings. The van der Waals surface area contributed by atoms with E-state index in [1.807, 2.05) is 0 Å². The van der Waals surface area contributed by atoms with Gasteiger partial charge in [-0.2, -0.15) is 0 Å². The second-order valence-corrected chi connectivity index (χ2v) is 18.9. The van der Waals surface area contributed by atoms with Crippen molar-refractivity contribution in [2.24, 2.45) is 11.8 Å². The summed E-state index contributed by atoms with van der Waals surface area (Å²) in [4.78, 5) is 0. The van der Waals surface area contributed by atoms with Gasteiger partial charge >= 0.3 is 0 Å². The van der Waals surface area contributed by atoms with Gasteiger partial charge in [0.25, 0.3) is 0 Å². The molecule has 1 aliphatic carbocycles. The van der Waals surface area contributed by atoms with E-state index in [-0.39, 0.29) is 21.7 Å². The maximum absolute atomic E-state index is 11.9. The van der Waals surface area contributed by atoms with Crippen molar-refractivity contribution in [1.29, 1.82) is 0 Å². The average Bonchev–Trinajstić information content (AvgIpc) is 3.00. The molecule has 0 unspecified atom stereocenters. The zero-order valence-corrected chi connectivity index (χ0v) is 32.8. The Bertz CT molecular complexity index is 1250. The van der Waals surface area contributed by atoms with Gasteiger partial charge in [0.2, 0.25) is 0 Å². The molecule has 1 aliphatic heterocycles. The molecule has 0 spiro atoms. The summed E-state index contributed by atoms with van der Waals surface area (Å²) in [7, 11) is 0. The summed E-state index contributed by atoms with van der Waals surface area (Å²) in [5.74, 6) is 2.71. The fourth-order valence-corrected chi connectivity index (χ4v) is 8.26. The average molecular weight is 663 g/mol. The van der Waals surface area contributed by atoms with E-state index in [2.05, 4.69) is 107 Å². The van der Waals surface area contributed by atoms with Crippen molar-refractivity contribution in [3.05, 3.63) is 57.6 Å². The lowest BCUT2D eigenvalue weighted by Crippen LogP contribution is -2.29. The van der Waals surface area contributed by atoms with Crippen LogP contribution in [0, 0.1) is 11.8 Å². The second kappa shape index (κ2) is 15.1. The molecular weight excluding hydrogens is 592 g/mol. The predicted octanol–water partition coefficient (Wildman–Crippen LogP) is 12.3. The van der Waals surface area contributed by atoms with Gasteiger partial charge in [-0.15, -0.1) is 0 Å². The third kappa shape index (κ3) is 9.00. The van der Waals surface area contributed by atoms with Crippen molar-refractivity contribution < 1.29 is 19.7 Å². The van der Waals surface area contributed by atoms with Gasteiger partial charge in [0, 0.05) is 22.6 Å². The number of phenolic OH excluding ortho intramolecular Hbond substituents is 2. The van der Waals surface area contributed by atoms with Gasteiger partial charge < -0.3 is 19.7 Å². The number of ether oxygens (including phenoxy) is 2. The van der Waals surface area contributed by atoms with E-state index in [0.717, 1.165) is 59.4 Å². The maximum atomic E-state index is 11.9. The number of phenols is 2. The molecule has 4 nitrogen and oxygen atoms in total. The first kappa shape index (κ1) is 38.8. The van der Waals surface area contributed by atoms with E-state index in [9.17, 15) is 10.2 Å². The molecule has 270 valence electrons. The first-order chi connectivity index (χ1) is 22.3. The quantitative estimate of drug-likeness (QED) is 0.251. The highest BCUT2D eigenvalue weighted by Crippen LogP contribution is 2.49. The summed E-state index contributed by atoms with van der Waals surface area (Å²) in [6, 6.07) is 8.90. The molecule has 2 N–H and O–H groups in total. The molecule has 0 aromatic heterocycles. The van der Waals surface area contributed by atoms with Crippen LogP contribution >= 0.6 is 0 Å². The standard InChI is InChI=1S/C44H70O4/c1-13-15-29-17-19-31(20-18-29)32-23-34(41(3,4)5)38(45)36(24-32)43(9,10)21-22-44(11,12)37-26-33(25-35(39(37)46)42(6,7)8)40-47-27-30(16-14-2)28-48-40/h23-26,29-31,40,45-46H,13-22,27-28H2,1-12H3. The van der Waals surface area contributed by atoms with Crippen molar-refractivity contribution in [2.75, 3.05) is 13.2 Å². The fraction of sp³-hybridized carbons (Fsp3) is 0.727. The van der Waals surface area contributed by atoms with Gasteiger partial charge in [0.05, 0.1) is 13.2 Å². The van der Waals surface area contributed by atoms with Gasteiger partial charge in [0.1, 0.15) is 11.5 Å². The lowest BCUT2D eigenvalue weighted by molar-refractivity contribution is -0.206. The van der Waals surface area contributed by atoms with Crippen molar-refractivity contribution in [3.63, 3.8) is 0 Å². The highest BCUT2D eigenvalue weighted by Gasteiger charge is 2.36. The van der Waals surface area contributed by atoms with E-state index >= 15 is 0 Å². The van der Waals surface area contributed by atoms with Crippen LogP contribution in [0.2, 0.25) is 0 Å². The smallest absolute Gasteiger partial charge is 0.183 e. The molecular formula is C44H70O4. The van der Waals surface area contributed by atoms with Crippen molar-refractivity contribution in [3.8, 4) is 11.5 Å². The lowest BCUT2D eigenvalue weighted by Gasteiger charge is -2.37. The summed E-state index contributed by atoms with van der Waals surface area (Å²) in [6.07, 6.45) is 11.3. The lowest BCUT2D eigenvalue weighted by atomic mass is 9.69. The molecule has 0 amide bonds. The summed E-state index contributed by atoms with van der Waals surface area (Å²) in [5, 5.41) is 23.7. The summed E-state index contributed by atoms with van der Waals surface area (Å²) >= 11 is 0. The van der Waals surface area contributed by atoms with E-state index in [0.29, 0.717) is 36.5 Å². The van der Waals surface area contributed by atoms with Crippen LogP contribution in [-0.2, 0) is 31.1 Å². The predicted molar refractivity (Wildman–Crippen MR) is 202 cm³/mol. The zero-order valence-electron chi connectivity index (χ0n) is 32.8. The van der Waals surface area contributed by atoms with Crippen molar-refractivity contribution in [2.45, 2.75) is 181 Å². The van der Waals surface area contributed by atoms with Crippen LogP contribution in [0.1, 0.15) is 193 Å². The molecule has 1 saturated carbocycles. The highest BCUT2D eigenvalue weighted by molar-refractivity contribution is 5.52. The molecule has 2 aromatic rings. The molecule has 0 bridgehead atoms. The molecule has 4 heteroatoms. The highest BCUT2D eigenvalue weighted by atomic mass is 16.7. The Morgan fingerprint density at radius 3 is 1.40 bits per heavy atom. The Morgan fingerprint density at radius 1 is 0.562 bits per heavy atom. The summed E-state index contributed by atoms with van der Waals surface area (Å²) in [5.41, 5.74) is 5.41. The molecule has 0 radical (unpaired) electrons. The number of rotatable bonds is 11. The Kier molecular flexibility index (Phi) is 12.2. The second-order valence-electron chi connectivity index (χ2n) is 18.9. The van der Waals surface area contributed by atoms with Gasteiger partial charge in [0.15, 0.2) is 6.29 Å². The Labute approximate surface area is 294 Å². The van der Waals surface area contributed by atoms with Crippen LogP contribution in [0.25, 0.3) is 0 Å². The van der Waals surface area contributed by atoms with Gasteiger partial charge in [-0.05, 0) is 107 Å². The van der Waals surface area contributed by atoms with Crippen molar-refractivity contribution in [1.82, 2.24) is 0 Å². The van der Waals surface area contributed by atoms with Crippen molar-refractivity contribution >= 4 is 0 Å².